The first-order chi connectivity index (χ1) is 10.8. The van der Waals surface area contributed by atoms with E-state index in [2.05, 4.69) is 15.3 Å². The molecule has 0 aliphatic heterocycles. The van der Waals surface area contributed by atoms with Gasteiger partial charge < -0.3 is 15.0 Å². The fraction of sp³-hybridized carbons (Fsp3) is 0.0588. The molecule has 0 saturated carbocycles. The number of methoxy groups -OCH3 is 1. The number of H-pyrrole nitrogens is 1. The molecule has 0 saturated heterocycles. The first-order valence-electron chi connectivity index (χ1n) is 6.80. The number of aromatic nitrogens is 2. The number of nitrogens with zero attached hydrogens (tertiary/aromatic N) is 1. The molecule has 110 valence electrons. The Kier molecular flexibility index (Phi) is 3.87. The van der Waals surface area contributed by atoms with E-state index in [-0.39, 0.29) is 5.91 Å². The number of rotatable bonds is 4. The predicted octanol–water partition coefficient (Wildman–Crippen LogP) is 3.34. The quantitative estimate of drug-likeness (QED) is 0.775. The van der Waals surface area contributed by atoms with E-state index in [1.165, 1.54) is 0 Å². The topological polar surface area (TPSA) is 67.0 Å². The highest BCUT2D eigenvalue weighted by Crippen LogP contribution is 2.19. The van der Waals surface area contributed by atoms with Gasteiger partial charge in [-0.2, -0.15) is 0 Å². The Morgan fingerprint density at radius 1 is 1.09 bits per heavy atom. The van der Waals surface area contributed by atoms with Crippen molar-refractivity contribution in [1.82, 2.24) is 9.97 Å². The van der Waals surface area contributed by atoms with Crippen molar-refractivity contribution >= 4 is 11.6 Å². The minimum absolute atomic E-state index is 0.156. The average molecular weight is 293 g/mol. The summed E-state index contributed by atoms with van der Waals surface area (Å²) in [6.07, 6.45) is 3.39. The molecule has 5 nitrogen and oxygen atoms in total. The molecule has 0 unspecified atom stereocenters. The Hall–Kier alpha value is -3.08. The maximum atomic E-state index is 12.2. The Bertz CT molecular complexity index is 748. The molecule has 1 aromatic heterocycles. The first kappa shape index (κ1) is 13.9. The molecule has 0 aliphatic carbocycles. The molecule has 0 fully saturated rings. The van der Waals surface area contributed by atoms with Crippen LogP contribution < -0.4 is 10.1 Å². The summed E-state index contributed by atoms with van der Waals surface area (Å²) in [6, 6.07) is 14.6. The van der Waals surface area contributed by atoms with Crippen molar-refractivity contribution in [3.05, 3.63) is 66.6 Å². The lowest BCUT2D eigenvalue weighted by Crippen LogP contribution is -2.11. The summed E-state index contributed by atoms with van der Waals surface area (Å²) in [5.74, 6) is 0.567. The average Bonchev–Trinajstić information content (AvgIpc) is 3.10. The highest BCUT2D eigenvalue weighted by Gasteiger charge is 2.06. The summed E-state index contributed by atoms with van der Waals surface area (Å²) in [5.41, 5.74) is 3.27. The zero-order valence-corrected chi connectivity index (χ0v) is 12.0. The van der Waals surface area contributed by atoms with Gasteiger partial charge in [-0.1, -0.05) is 12.1 Å². The Balaban J connectivity index is 1.71. The van der Waals surface area contributed by atoms with Gasteiger partial charge in [-0.05, 0) is 42.0 Å². The number of anilines is 1. The number of nitrogens with one attached hydrogen (secondary N) is 2. The lowest BCUT2D eigenvalue weighted by atomic mass is 10.1. The number of carbonyl (C=O) groups is 1. The van der Waals surface area contributed by atoms with E-state index >= 15 is 0 Å². The molecule has 1 amide bonds. The Labute approximate surface area is 128 Å². The monoisotopic (exact) mass is 293 g/mol. The molecule has 2 N–H and O–H groups in total. The van der Waals surface area contributed by atoms with Crippen LogP contribution in [0, 0.1) is 0 Å². The van der Waals surface area contributed by atoms with Crippen LogP contribution >= 0.6 is 0 Å². The fourth-order valence-electron chi connectivity index (χ4n) is 2.09. The number of carbonyl (C=O) groups excluding carboxylic acids is 1. The second kappa shape index (κ2) is 6.13. The van der Waals surface area contributed by atoms with Gasteiger partial charge in [0.25, 0.3) is 5.91 Å². The van der Waals surface area contributed by atoms with E-state index in [4.69, 9.17) is 4.74 Å². The van der Waals surface area contributed by atoms with E-state index in [9.17, 15) is 4.79 Å². The normalized spacial score (nSPS) is 10.2. The van der Waals surface area contributed by atoms with E-state index in [1.54, 1.807) is 43.9 Å². The molecule has 3 rings (SSSR count). The molecule has 2 aromatic carbocycles. The molecule has 3 aromatic rings. The summed E-state index contributed by atoms with van der Waals surface area (Å²) < 4.78 is 5.08. The maximum absolute atomic E-state index is 12.2. The van der Waals surface area contributed by atoms with Gasteiger partial charge in [-0.3, -0.25) is 4.79 Å². The lowest BCUT2D eigenvalue weighted by Gasteiger charge is -2.07. The van der Waals surface area contributed by atoms with Crippen molar-refractivity contribution in [3.63, 3.8) is 0 Å². The number of benzene rings is 2. The van der Waals surface area contributed by atoms with Gasteiger partial charge in [0.05, 0.1) is 25.3 Å². The number of amides is 1. The standard InChI is InChI=1S/C17H15N3O2/c1-22-15-8-4-13(5-9-15)17(21)20-14-6-2-12(3-7-14)16-10-18-11-19-16/h2-11H,1H3,(H,18,19)(H,20,21). The third-order valence-electron chi connectivity index (χ3n) is 3.30. The van der Waals surface area contributed by atoms with Crippen LogP contribution in [0.1, 0.15) is 10.4 Å². The van der Waals surface area contributed by atoms with E-state index in [0.717, 1.165) is 22.7 Å². The summed E-state index contributed by atoms with van der Waals surface area (Å²) in [6.45, 7) is 0. The fourth-order valence-corrected chi connectivity index (χ4v) is 2.09. The molecule has 0 bridgehead atoms. The summed E-state index contributed by atoms with van der Waals surface area (Å²) in [7, 11) is 1.59. The molecule has 0 aliphatic rings. The molecule has 1 heterocycles. The zero-order valence-electron chi connectivity index (χ0n) is 12.0. The molecule has 0 spiro atoms. The van der Waals surface area contributed by atoms with Gasteiger partial charge in [-0.25, -0.2) is 4.98 Å². The molecular formula is C17H15N3O2. The Morgan fingerprint density at radius 2 is 1.82 bits per heavy atom. The third kappa shape index (κ3) is 2.98. The van der Waals surface area contributed by atoms with Crippen molar-refractivity contribution < 1.29 is 9.53 Å². The predicted molar refractivity (Wildman–Crippen MR) is 85.0 cm³/mol. The van der Waals surface area contributed by atoms with Gasteiger partial charge in [-0.15, -0.1) is 0 Å². The van der Waals surface area contributed by atoms with Gasteiger partial charge in [0.2, 0.25) is 0 Å². The van der Waals surface area contributed by atoms with Crippen LogP contribution in [-0.4, -0.2) is 23.0 Å². The second-order valence-corrected chi connectivity index (χ2v) is 4.73. The van der Waals surface area contributed by atoms with Gasteiger partial charge >= 0.3 is 0 Å². The minimum Gasteiger partial charge on any atom is -0.497 e. The lowest BCUT2D eigenvalue weighted by molar-refractivity contribution is 0.102. The van der Waals surface area contributed by atoms with Gasteiger partial charge in [0.1, 0.15) is 5.75 Å². The van der Waals surface area contributed by atoms with Crippen molar-refractivity contribution in [3.8, 4) is 17.0 Å². The van der Waals surface area contributed by atoms with Crippen LogP contribution in [0.25, 0.3) is 11.3 Å². The number of aromatic amines is 1. The second-order valence-electron chi connectivity index (χ2n) is 4.73. The third-order valence-corrected chi connectivity index (χ3v) is 3.30. The highest BCUT2D eigenvalue weighted by molar-refractivity contribution is 6.04. The first-order valence-corrected chi connectivity index (χ1v) is 6.80. The number of hydrogen-bond acceptors (Lipinski definition) is 3. The van der Waals surface area contributed by atoms with E-state index < -0.39 is 0 Å². The SMILES string of the molecule is COc1ccc(C(=O)Nc2ccc(-c3cnc[nH]3)cc2)cc1. The zero-order chi connectivity index (χ0) is 15.4. The molecule has 0 radical (unpaired) electrons. The minimum atomic E-state index is -0.156. The molecule has 5 heteroatoms. The largest absolute Gasteiger partial charge is 0.497 e. The van der Waals surface area contributed by atoms with Crippen LogP contribution in [0.4, 0.5) is 5.69 Å². The van der Waals surface area contributed by atoms with Crippen LogP contribution in [0.2, 0.25) is 0 Å². The van der Waals surface area contributed by atoms with Gasteiger partial charge in [0.15, 0.2) is 0 Å². The number of hydrogen-bond donors (Lipinski definition) is 2. The summed E-state index contributed by atoms with van der Waals surface area (Å²) in [4.78, 5) is 19.2. The van der Waals surface area contributed by atoms with Crippen LogP contribution in [0.3, 0.4) is 0 Å². The van der Waals surface area contributed by atoms with Crippen molar-refractivity contribution in [2.24, 2.45) is 0 Å². The number of imidazole rings is 1. The van der Waals surface area contributed by atoms with E-state index in [1.807, 2.05) is 24.3 Å². The maximum Gasteiger partial charge on any atom is 0.255 e. The Morgan fingerprint density at radius 3 is 2.41 bits per heavy atom. The molecule has 0 atom stereocenters. The van der Waals surface area contributed by atoms with Gasteiger partial charge in [0, 0.05) is 11.3 Å². The van der Waals surface area contributed by atoms with Crippen molar-refractivity contribution in [2.45, 2.75) is 0 Å². The van der Waals surface area contributed by atoms with E-state index in [0.29, 0.717) is 5.56 Å². The summed E-state index contributed by atoms with van der Waals surface area (Å²) in [5, 5.41) is 2.86. The molecular weight excluding hydrogens is 278 g/mol. The van der Waals surface area contributed by atoms with Crippen LogP contribution in [-0.2, 0) is 0 Å². The smallest absolute Gasteiger partial charge is 0.255 e. The van der Waals surface area contributed by atoms with Crippen LogP contribution in [0.15, 0.2) is 61.1 Å². The molecule has 22 heavy (non-hydrogen) atoms. The van der Waals surface area contributed by atoms with Crippen molar-refractivity contribution in [1.29, 1.82) is 0 Å². The number of ether oxygens (including phenoxy) is 1. The van der Waals surface area contributed by atoms with Crippen molar-refractivity contribution in [2.75, 3.05) is 12.4 Å². The highest BCUT2D eigenvalue weighted by atomic mass is 16.5. The summed E-state index contributed by atoms with van der Waals surface area (Å²) >= 11 is 0. The van der Waals surface area contributed by atoms with Crippen LogP contribution in [0.5, 0.6) is 5.75 Å².